The van der Waals surface area contributed by atoms with Crippen molar-refractivity contribution in [3.8, 4) is 11.8 Å². The first-order chi connectivity index (χ1) is 9.26. The molecule has 0 N–H and O–H groups in total. The Morgan fingerprint density at radius 2 is 1.74 bits per heavy atom. The third-order valence-corrected chi connectivity index (χ3v) is 5.26. The van der Waals surface area contributed by atoms with E-state index in [2.05, 4.69) is 11.8 Å². The van der Waals surface area contributed by atoms with E-state index in [1.807, 2.05) is 6.92 Å². The van der Waals surface area contributed by atoms with Crippen molar-refractivity contribution in [1.82, 2.24) is 0 Å². The van der Waals surface area contributed by atoms with Gasteiger partial charge in [0, 0.05) is 19.3 Å². The average Bonchev–Trinajstić information content (AvgIpc) is 3.11. The largest absolute Gasteiger partial charge is 0.348 e. The Bertz CT molecular complexity index is 356. The fraction of sp³-hybridized carbons (Fsp3) is 0.882. The minimum Gasteiger partial charge on any atom is -0.348 e. The van der Waals surface area contributed by atoms with Crippen LogP contribution in [-0.4, -0.2) is 19.0 Å². The Morgan fingerprint density at radius 1 is 1.05 bits per heavy atom. The zero-order chi connectivity index (χ0) is 13.2. The molecule has 1 spiro atoms. The highest BCUT2D eigenvalue weighted by Gasteiger charge is 2.47. The minimum atomic E-state index is -0.205. The Kier molecular flexibility index (Phi) is 3.87. The molecule has 2 aliphatic carbocycles. The van der Waals surface area contributed by atoms with Gasteiger partial charge in [-0.1, -0.05) is 12.8 Å². The molecule has 0 aromatic rings. The van der Waals surface area contributed by atoms with Crippen molar-refractivity contribution >= 4 is 0 Å². The third-order valence-electron chi connectivity index (χ3n) is 5.26. The lowest BCUT2D eigenvalue weighted by molar-refractivity contribution is -0.193. The van der Waals surface area contributed by atoms with Crippen LogP contribution in [0.1, 0.15) is 64.7 Å². The molecule has 0 aromatic carbocycles. The summed E-state index contributed by atoms with van der Waals surface area (Å²) in [5.74, 6) is 7.11. The number of hydrogen-bond acceptors (Lipinski definition) is 2. The van der Waals surface area contributed by atoms with Gasteiger partial charge < -0.3 is 9.47 Å². The number of ether oxygens (including phenoxy) is 2. The standard InChI is InChI=1S/C17H26O2/c1-2-3-4-7-16(14-15-5-6-15)8-10-17(11-9-16)18-12-13-19-17/h15H,4-14H2,1H3. The van der Waals surface area contributed by atoms with Gasteiger partial charge in [0.05, 0.1) is 13.2 Å². The van der Waals surface area contributed by atoms with Gasteiger partial charge in [-0.2, -0.15) is 0 Å². The van der Waals surface area contributed by atoms with Gasteiger partial charge in [0.15, 0.2) is 5.79 Å². The molecular formula is C17H26O2. The van der Waals surface area contributed by atoms with Crippen molar-refractivity contribution in [2.24, 2.45) is 11.3 Å². The summed E-state index contributed by atoms with van der Waals surface area (Å²) < 4.78 is 11.7. The molecule has 2 nitrogen and oxygen atoms in total. The van der Waals surface area contributed by atoms with E-state index in [0.29, 0.717) is 5.41 Å². The molecule has 106 valence electrons. The molecule has 0 unspecified atom stereocenters. The van der Waals surface area contributed by atoms with Crippen molar-refractivity contribution in [1.29, 1.82) is 0 Å². The quantitative estimate of drug-likeness (QED) is 0.716. The highest BCUT2D eigenvalue weighted by atomic mass is 16.7. The fourth-order valence-corrected chi connectivity index (χ4v) is 3.89. The summed E-state index contributed by atoms with van der Waals surface area (Å²) in [6.45, 7) is 3.53. The van der Waals surface area contributed by atoms with Crippen LogP contribution in [0.3, 0.4) is 0 Å². The molecule has 0 amide bonds. The molecule has 0 aromatic heterocycles. The SMILES string of the molecule is CC#CCCC1(CC2CC2)CCC2(CC1)OCCO2. The second kappa shape index (κ2) is 5.46. The average molecular weight is 262 g/mol. The van der Waals surface area contributed by atoms with E-state index in [1.165, 1.54) is 38.5 Å². The van der Waals surface area contributed by atoms with Crippen LogP contribution in [0.15, 0.2) is 0 Å². The van der Waals surface area contributed by atoms with Crippen LogP contribution < -0.4 is 0 Å². The van der Waals surface area contributed by atoms with Crippen LogP contribution in [0.4, 0.5) is 0 Å². The molecule has 3 aliphatic rings. The monoisotopic (exact) mass is 262 g/mol. The number of hydrogen-bond donors (Lipinski definition) is 0. The van der Waals surface area contributed by atoms with Crippen molar-refractivity contribution in [3.63, 3.8) is 0 Å². The number of rotatable bonds is 4. The van der Waals surface area contributed by atoms with Crippen LogP contribution in [-0.2, 0) is 9.47 Å². The Labute approximate surface area is 117 Å². The van der Waals surface area contributed by atoms with E-state index >= 15 is 0 Å². The first-order valence-corrected chi connectivity index (χ1v) is 7.94. The van der Waals surface area contributed by atoms with Crippen molar-refractivity contribution in [2.75, 3.05) is 13.2 Å². The summed E-state index contributed by atoms with van der Waals surface area (Å²) >= 11 is 0. The normalized spacial score (nSPS) is 28.1. The second-order valence-electron chi connectivity index (χ2n) is 6.68. The van der Waals surface area contributed by atoms with Crippen molar-refractivity contribution in [2.45, 2.75) is 70.5 Å². The summed E-state index contributed by atoms with van der Waals surface area (Å²) in [5.41, 5.74) is 0.533. The Morgan fingerprint density at radius 3 is 2.32 bits per heavy atom. The zero-order valence-corrected chi connectivity index (χ0v) is 12.2. The van der Waals surface area contributed by atoms with Crippen LogP contribution in [0.25, 0.3) is 0 Å². The van der Waals surface area contributed by atoms with Gasteiger partial charge in [0.2, 0.25) is 0 Å². The van der Waals surface area contributed by atoms with Crippen LogP contribution >= 0.6 is 0 Å². The van der Waals surface area contributed by atoms with E-state index in [4.69, 9.17) is 9.47 Å². The topological polar surface area (TPSA) is 18.5 Å². The molecule has 1 heterocycles. The molecule has 19 heavy (non-hydrogen) atoms. The molecular weight excluding hydrogens is 236 g/mol. The maximum Gasteiger partial charge on any atom is 0.168 e. The maximum absolute atomic E-state index is 5.87. The summed E-state index contributed by atoms with van der Waals surface area (Å²) in [7, 11) is 0. The van der Waals surface area contributed by atoms with Crippen molar-refractivity contribution in [3.05, 3.63) is 0 Å². The minimum absolute atomic E-state index is 0.205. The zero-order valence-electron chi connectivity index (χ0n) is 12.2. The predicted octanol–water partition coefficient (Wildman–Crippen LogP) is 3.89. The van der Waals surface area contributed by atoms with Gasteiger partial charge in [-0.25, -0.2) is 0 Å². The molecule has 0 radical (unpaired) electrons. The van der Waals surface area contributed by atoms with Gasteiger partial charge in [-0.05, 0) is 43.9 Å². The molecule has 3 fully saturated rings. The second-order valence-corrected chi connectivity index (χ2v) is 6.68. The summed E-state index contributed by atoms with van der Waals surface area (Å²) in [4.78, 5) is 0. The molecule has 0 atom stereocenters. The maximum atomic E-state index is 5.87. The van der Waals surface area contributed by atoms with Crippen LogP contribution in [0, 0.1) is 23.2 Å². The van der Waals surface area contributed by atoms with E-state index in [0.717, 1.165) is 38.4 Å². The molecule has 1 saturated heterocycles. The molecule has 2 saturated carbocycles. The van der Waals surface area contributed by atoms with Crippen molar-refractivity contribution < 1.29 is 9.47 Å². The summed E-state index contributed by atoms with van der Waals surface area (Å²) in [5, 5.41) is 0. The fourth-order valence-electron chi connectivity index (χ4n) is 3.89. The van der Waals surface area contributed by atoms with E-state index in [9.17, 15) is 0 Å². The van der Waals surface area contributed by atoms with Crippen LogP contribution in [0.2, 0.25) is 0 Å². The summed E-state index contributed by atoms with van der Waals surface area (Å²) in [6, 6.07) is 0. The molecule has 2 heteroatoms. The van der Waals surface area contributed by atoms with Gasteiger partial charge in [0.1, 0.15) is 0 Å². The smallest absolute Gasteiger partial charge is 0.168 e. The predicted molar refractivity (Wildman–Crippen MR) is 75.6 cm³/mol. The highest BCUT2D eigenvalue weighted by molar-refractivity contribution is 5.00. The van der Waals surface area contributed by atoms with Gasteiger partial charge in [-0.15, -0.1) is 11.8 Å². The van der Waals surface area contributed by atoms with Gasteiger partial charge in [0.25, 0.3) is 0 Å². The first-order valence-electron chi connectivity index (χ1n) is 7.94. The van der Waals surface area contributed by atoms with Gasteiger partial charge >= 0.3 is 0 Å². The van der Waals surface area contributed by atoms with E-state index < -0.39 is 0 Å². The summed E-state index contributed by atoms with van der Waals surface area (Å²) in [6.07, 6.45) is 11.4. The lowest BCUT2D eigenvalue weighted by atomic mass is 9.66. The first kappa shape index (κ1) is 13.5. The molecule has 0 bridgehead atoms. The molecule has 3 rings (SSSR count). The molecule has 1 aliphatic heterocycles. The lowest BCUT2D eigenvalue weighted by Gasteiger charge is -2.44. The Hall–Kier alpha value is -0.520. The van der Waals surface area contributed by atoms with E-state index in [-0.39, 0.29) is 5.79 Å². The van der Waals surface area contributed by atoms with E-state index in [1.54, 1.807) is 0 Å². The van der Waals surface area contributed by atoms with Crippen LogP contribution in [0.5, 0.6) is 0 Å². The lowest BCUT2D eigenvalue weighted by Crippen LogP contribution is -2.40. The van der Waals surface area contributed by atoms with Gasteiger partial charge in [-0.3, -0.25) is 0 Å². The Balaban J connectivity index is 1.61. The third kappa shape index (κ3) is 3.15. The highest BCUT2D eigenvalue weighted by Crippen LogP contribution is 2.53.